The van der Waals surface area contributed by atoms with Crippen molar-refractivity contribution in [1.82, 2.24) is 9.97 Å². The molecule has 0 saturated carbocycles. The van der Waals surface area contributed by atoms with Crippen LogP contribution in [-0.4, -0.2) is 43.8 Å². The fourth-order valence-electron chi connectivity index (χ4n) is 0.967. The third-order valence-electron chi connectivity index (χ3n) is 1.79. The first-order valence-corrected chi connectivity index (χ1v) is 4.84. The molecule has 0 bridgehead atoms. The summed E-state index contributed by atoms with van der Waals surface area (Å²) in [6.07, 6.45) is 5.50. The van der Waals surface area contributed by atoms with E-state index >= 15 is 0 Å². The van der Waals surface area contributed by atoms with Gasteiger partial charge in [-0.2, -0.15) is 0 Å². The molecule has 0 fully saturated rings. The molecule has 0 unspecified atom stereocenters. The number of carboxylic acid groups (broad SMARTS) is 2. The zero-order chi connectivity index (χ0) is 13.4. The van der Waals surface area contributed by atoms with Gasteiger partial charge in [0.05, 0.1) is 11.9 Å². The number of hydrogen-bond donors (Lipinski definition) is 0. The summed E-state index contributed by atoms with van der Waals surface area (Å²) in [7, 11) is 0. The predicted octanol–water partition coefficient (Wildman–Crippen LogP) is -3.76. The van der Waals surface area contributed by atoms with Crippen molar-refractivity contribution in [2.45, 2.75) is 0 Å². The molecule has 10 nitrogen and oxygen atoms in total. The first kappa shape index (κ1) is 32.5. The summed E-state index contributed by atoms with van der Waals surface area (Å²) in [5, 5.41) is 20.1. The standard InChI is InChI=1S/2C6H5NO2.Cr.4H2O/c2*8-6(9)5-2-1-3-7-4-5;;;;;/h2*1-4H,(H,8,9);;4*1H2/q;;+3;;;;/p-3. The van der Waals surface area contributed by atoms with Gasteiger partial charge < -0.3 is 41.7 Å². The summed E-state index contributed by atoms with van der Waals surface area (Å²) < 4.78 is 0. The van der Waals surface area contributed by atoms with E-state index in [2.05, 4.69) is 9.97 Å². The average molecular weight is 367 g/mol. The minimum absolute atomic E-state index is 0. The number of aromatic nitrogens is 2. The van der Waals surface area contributed by atoms with Crippen LogP contribution < -0.4 is 10.2 Å². The third-order valence-corrected chi connectivity index (χ3v) is 1.79. The Morgan fingerprint density at radius 2 is 1.09 bits per heavy atom. The van der Waals surface area contributed by atoms with Gasteiger partial charge in [0.25, 0.3) is 0 Å². The number of carbonyl (C=O) groups excluding carboxylic acids is 2. The van der Waals surface area contributed by atoms with E-state index in [1.54, 1.807) is 12.1 Å². The van der Waals surface area contributed by atoms with Crippen LogP contribution in [0, 0.1) is 0 Å². The van der Waals surface area contributed by atoms with E-state index in [4.69, 9.17) is 0 Å². The molecule has 2 aromatic rings. The molecule has 0 aliphatic heterocycles. The molecule has 0 saturated heterocycles. The van der Waals surface area contributed by atoms with Crippen LogP contribution in [0.3, 0.4) is 0 Å². The van der Waals surface area contributed by atoms with Crippen LogP contribution in [0.25, 0.3) is 0 Å². The molecule has 11 heteroatoms. The molecule has 23 heavy (non-hydrogen) atoms. The molecule has 127 valence electrons. The summed E-state index contributed by atoms with van der Waals surface area (Å²) in [5.41, 5.74) is 0.218. The molecule has 0 aliphatic rings. The van der Waals surface area contributed by atoms with Crippen LogP contribution in [0.5, 0.6) is 0 Å². The molecule has 1 radical (unpaired) electrons. The van der Waals surface area contributed by atoms with Crippen LogP contribution in [0.2, 0.25) is 0 Å². The molecule has 0 amide bonds. The Kier molecular flexibility index (Phi) is 25.0. The number of pyridine rings is 2. The van der Waals surface area contributed by atoms with Crippen molar-refractivity contribution < 1.29 is 59.1 Å². The minimum atomic E-state index is -1.19. The SMILES string of the molecule is O.O.O.O=C([O-])c1cccnc1.O=C([O-])c1cccnc1.[Cr+3].[OH-]. The molecular formula is C12H15CrN2O8. The molecule has 2 heterocycles. The second kappa shape index (κ2) is 17.7. The zero-order valence-corrected chi connectivity index (χ0v) is 12.8. The largest absolute Gasteiger partial charge is 3.00 e. The summed E-state index contributed by atoms with van der Waals surface area (Å²) in [6, 6.07) is 5.96. The maximum atomic E-state index is 10.0. The Morgan fingerprint density at radius 3 is 1.22 bits per heavy atom. The summed E-state index contributed by atoms with van der Waals surface area (Å²) >= 11 is 0. The van der Waals surface area contributed by atoms with Crippen LogP contribution in [-0.2, 0) is 17.4 Å². The van der Waals surface area contributed by atoms with Gasteiger partial charge in [0.1, 0.15) is 0 Å². The van der Waals surface area contributed by atoms with Gasteiger partial charge in [-0.05, 0) is 12.1 Å². The molecule has 0 spiro atoms. The number of aromatic carboxylic acids is 2. The number of carbonyl (C=O) groups is 2. The minimum Gasteiger partial charge on any atom is -0.870 e. The van der Waals surface area contributed by atoms with Crippen LogP contribution in [0.1, 0.15) is 20.7 Å². The van der Waals surface area contributed by atoms with Crippen molar-refractivity contribution in [3.63, 3.8) is 0 Å². The average Bonchev–Trinajstić information content (AvgIpc) is 2.41. The van der Waals surface area contributed by atoms with E-state index in [1.165, 1.54) is 36.9 Å². The first-order chi connectivity index (χ1) is 8.61. The smallest absolute Gasteiger partial charge is 0.870 e. The Bertz CT molecular complexity index is 478. The molecular weight excluding hydrogens is 352 g/mol. The van der Waals surface area contributed by atoms with Gasteiger partial charge in [-0.3, -0.25) is 9.97 Å². The first-order valence-electron chi connectivity index (χ1n) is 4.84. The van der Waals surface area contributed by atoms with E-state index in [0.29, 0.717) is 0 Å². The van der Waals surface area contributed by atoms with Crippen molar-refractivity contribution in [3.8, 4) is 0 Å². The summed E-state index contributed by atoms with van der Waals surface area (Å²) in [6.45, 7) is 0. The fraction of sp³-hybridized carbons (Fsp3) is 0. The maximum Gasteiger partial charge on any atom is 3.00 e. The summed E-state index contributed by atoms with van der Waals surface area (Å²) in [4.78, 5) is 27.3. The summed E-state index contributed by atoms with van der Waals surface area (Å²) in [5.74, 6) is -2.38. The van der Waals surface area contributed by atoms with E-state index in [-0.39, 0.29) is 50.4 Å². The number of carboxylic acids is 2. The zero-order valence-electron chi connectivity index (χ0n) is 11.5. The van der Waals surface area contributed by atoms with Gasteiger partial charge in [0, 0.05) is 35.9 Å². The van der Waals surface area contributed by atoms with E-state index in [1.807, 2.05) is 0 Å². The maximum absolute atomic E-state index is 10.0. The van der Waals surface area contributed by atoms with Crippen molar-refractivity contribution in [2.24, 2.45) is 0 Å². The normalized spacial score (nSPS) is 6.96. The molecule has 0 aliphatic carbocycles. The molecule has 2 aromatic heterocycles. The molecule has 0 atom stereocenters. The fourth-order valence-corrected chi connectivity index (χ4v) is 0.967. The molecule has 2 rings (SSSR count). The van der Waals surface area contributed by atoms with Crippen molar-refractivity contribution in [1.29, 1.82) is 0 Å². The van der Waals surface area contributed by atoms with Gasteiger partial charge in [0.15, 0.2) is 0 Å². The monoisotopic (exact) mass is 367 g/mol. The molecule has 7 N–H and O–H groups in total. The second-order valence-corrected chi connectivity index (χ2v) is 3.06. The number of rotatable bonds is 2. The predicted molar refractivity (Wildman–Crippen MR) is 69.9 cm³/mol. The van der Waals surface area contributed by atoms with Gasteiger partial charge in [-0.15, -0.1) is 0 Å². The van der Waals surface area contributed by atoms with Crippen LogP contribution >= 0.6 is 0 Å². The Labute approximate surface area is 141 Å². The van der Waals surface area contributed by atoms with Gasteiger partial charge >= 0.3 is 17.4 Å². The van der Waals surface area contributed by atoms with E-state index < -0.39 is 11.9 Å². The third kappa shape index (κ3) is 13.0. The van der Waals surface area contributed by atoms with Gasteiger partial charge in [-0.1, -0.05) is 12.1 Å². The van der Waals surface area contributed by atoms with Crippen LogP contribution in [0.4, 0.5) is 0 Å². The number of nitrogens with zero attached hydrogens (tertiary/aromatic N) is 2. The van der Waals surface area contributed by atoms with Gasteiger partial charge in [0.2, 0.25) is 0 Å². The second-order valence-electron chi connectivity index (χ2n) is 3.06. The Balaban J connectivity index is -0.0000000771. The topological polar surface area (TPSA) is 231 Å². The van der Waals surface area contributed by atoms with Gasteiger partial charge in [-0.25, -0.2) is 0 Å². The Hall–Kier alpha value is -2.39. The van der Waals surface area contributed by atoms with Crippen LogP contribution in [0.15, 0.2) is 49.1 Å². The van der Waals surface area contributed by atoms with E-state index in [0.717, 1.165) is 0 Å². The van der Waals surface area contributed by atoms with E-state index in [9.17, 15) is 19.8 Å². The quantitative estimate of drug-likeness (QED) is 0.513. The van der Waals surface area contributed by atoms with Crippen molar-refractivity contribution >= 4 is 11.9 Å². The Morgan fingerprint density at radius 1 is 0.783 bits per heavy atom. The van der Waals surface area contributed by atoms with Crippen molar-refractivity contribution in [3.05, 3.63) is 60.2 Å². The molecule has 0 aromatic carbocycles. The van der Waals surface area contributed by atoms with Crippen molar-refractivity contribution in [2.75, 3.05) is 0 Å². The number of hydrogen-bond acceptors (Lipinski definition) is 7.